The highest BCUT2D eigenvalue weighted by Gasteiger charge is 2.25. The second-order valence-corrected chi connectivity index (χ2v) is 3.59. The lowest BCUT2D eigenvalue weighted by Crippen LogP contribution is -2.31. The fraction of sp³-hybridized carbons (Fsp3) is 0.333. The van der Waals surface area contributed by atoms with Crippen molar-refractivity contribution < 1.29 is 14.5 Å². The molecule has 19 heavy (non-hydrogen) atoms. The van der Waals surface area contributed by atoms with E-state index in [1.165, 1.54) is 30.2 Å². The third-order valence-electron chi connectivity index (χ3n) is 2.56. The first-order chi connectivity index (χ1) is 9.06. The summed E-state index contributed by atoms with van der Waals surface area (Å²) in [5.41, 5.74) is -0.199. The first-order valence-corrected chi connectivity index (χ1v) is 5.54. The molecule has 1 aromatic rings. The molecular weight excluding hydrogens is 250 g/mol. The summed E-state index contributed by atoms with van der Waals surface area (Å²) in [7, 11) is 1.26. The highest BCUT2D eigenvalue weighted by molar-refractivity contribution is 5.98. The molecule has 0 heterocycles. The number of ether oxygens (including phenoxy) is 1. The maximum Gasteiger partial charge on any atom is 0.311 e. The molecule has 0 unspecified atom stereocenters. The summed E-state index contributed by atoms with van der Waals surface area (Å²) in [5, 5.41) is 19.5. The Hall–Kier alpha value is -2.62. The molecule has 1 aromatic carbocycles. The fourth-order valence-electron chi connectivity index (χ4n) is 1.63. The van der Waals surface area contributed by atoms with Gasteiger partial charge in [-0.2, -0.15) is 5.26 Å². The van der Waals surface area contributed by atoms with E-state index in [0.29, 0.717) is 6.54 Å². The largest absolute Gasteiger partial charge is 0.490 e. The number of methoxy groups -OCH3 is 1. The van der Waals surface area contributed by atoms with Crippen LogP contribution < -0.4 is 4.74 Å². The third kappa shape index (κ3) is 2.98. The average molecular weight is 263 g/mol. The van der Waals surface area contributed by atoms with Crippen molar-refractivity contribution in [3.05, 3.63) is 33.9 Å². The van der Waals surface area contributed by atoms with Crippen LogP contribution in [0.1, 0.15) is 17.3 Å². The van der Waals surface area contributed by atoms with Gasteiger partial charge < -0.3 is 9.64 Å². The lowest BCUT2D eigenvalue weighted by atomic mass is 10.1. The minimum absolute atomic E-state index is 0.0776. The first kappa shape index (κ1) is 14.4. The lowest BCUT2D eigenvalue weighted by Gasteiger charge is -2.18. The summed E-state index contributed by atoms with van der Waals surface area (Å²) in [5.74, 6) is -0.557. The van der Waals surface area contributed by atoms with E-state index in [1.54, 1.807) is 6.92 Å². The zero-order valence-corrected chi connectivity index (χ0v) is 10.6. The van der Waals surface area contributed by atoms with Crippen LogP contribution in [0.25, 0.3) is 0 Å². The Morgan fingerprint density at radius 1 is 1.58 bits per heavy atom. The molecule has 0 bridgehead atoms. The third-order valence-corrected chi connectivity index (χ3v) is 2.56. The quantitative estimate of drug-likeness (QED) is 0.456. The highest BCUT2D eigenvalue weighted by Crippen LogP contribution is 2.31. The number of nitriles is 1. The summed E-state index contributed by atoms with van der Waals surface area (Å²) in [4.78, 5) is 23.7. The molecule has 0 aliphatic rings. The van der Waals surface area contributed by atoms with E-state index in [0.717, 1.165) is 0 Å². The Kier molecular flexibility index (Phi) is 4.83. The topological polar surface area (TPSA) is 96.5 Å². The van der Waals surface area contributed by atoms with Crippen LogP contribution in [0.15, 0.2) is 18.2 Å². The number of rotatable bonds is 5. The number of carbonyl (C=O) groups is 1. The number of hydrogen-bond acceptors (Lipinski definition) is 5. The van der Waals surface area contributed by atoms with E-state index in [9.17, 15) is 14.9 Å². The minimum Gasteiger partial charge on any atom is -0.490 e. The van der Waals surface area contributed by atoms with Crippen molar-refractivity contribution in [2.24, 2.45) is 0 Å². The molecule has 0 aliphatic carbocycles. The molecule has 0 radical (unpaired) electrons. The number of hydrogen-bond donors (Lipinski definition) is 0. The number of nitrogens with zero attached hydrogens (tertiary/aromatic N) is 3. The number of para-hydroxylation sites is 1. The van der Waals surface area contributed by atoms with Gasteiger partial charge in [0.2, 0.25) is 5.75 Å². The van der Waals surface area contributed by atoms with Crippen molar-refractivity contribution in [3.8, 4) is 11.8 Å². The number of carbonyl (C=O) groups excluding carboxylic acids is 1. The number of nitro groups is 1. The van der Waals surface area contributed by atoms with E-state index >= 15 is 0 Å². The van der Waals surface area contributed by atoms with Crippen LogP contribution in [0.3, 0.4) is 0 Å². The molecule has 7 nitrogen and oxygen atoms in total. The predicted molar refractivity (Wildman–Crippen MR) is 66.8 cm³/mol. The van der Waals surface area contributed by atoms with Crippen molar-refractivity contribution in [1.29, 1.82) is 5.26 Å². The second-order valence-electron chi connectivity index (χ2n) is 3.59. The Balaban J connectivity index is 3.27. The first-order valence-electron chi connectivity index (χ1n) is 5.54. The Labute approximate surface area is 110 Å². The van der Waals surface area contributed by atoms with Gasteiger partial charge in [-0.25, -0.2) is 0 Å². The fourth-order valence-corrected chi connectivity index (χ4v) is 1.63. The maximum absolute atomic E-state index is 12.2. The van der Waals surface area contributed by atoms with Crippen LogP contribution in [-0.2, 0) is 0 Å². The standard InChI is InChI=1S/C12H13N3O4/c1-3-14(8-7-13)12(16)9-5-4-6-10(15(17)18)11(9)19-2/h4-6H,3,8H2,1-2H3. The van der Waals surface area contributed by atoms with Crippen LogP contribution in [-0.4, -0.2) is 35.9 Å². The van der Waals surface area contributed by atoms with Gasteiger partial charge in [0.25, 0.3) is 5.91 Å². The van der Waals surface area contributed by atoms with Gasteiger partial charge in [0.1, 0.15) is 6.54 Å². The number of nitro benzene ring substituents is 1. The second kappa shape index (κ2) is 6.35. The molecule has 0 aromatic heterocycles. The van der Waals surface area contributed by atoms with Gasteiger partial charge in [0.15, 0.2) is 0 Å². The molecule has 0 fully saturated rings. The van der Waals surface area contributed by atoms with Crippen LogP contribution in [0.5, 0.6) is 5.75 Å². The number of benzene rings is 1. The maximum atomic E-state index is 12.2. The summed E-state index contributed by atoms with van der Waals surface area (Å²) in [6.07, 6.45) is 0. The van der Waals surface area contributed by atoms with Gasteiger partial charge in [-0.3, -0.25) is 14.9 Å². The molecule has 0 saturated heterocycles. The SMILES string of the molecule is CCN(CC#N)C(=O)c1cccc([N+](=O)[O-])c1OC. The summed E-state index contributed by atoms with van der Waals surface area (Å²) >= 11 is 0. The number of amides is 1. The molecule has 0 aliphatic heterocycles. The minimum atomic E-state index is -0.615. The molecule has 1 amide bonds. The Bertz CT molecular complexity index is 536. The van der Waals surface area contributed by atoms with E-state index in [4.69, 9.17) is 10.00 Å². The smallest absolute Gasteiger partial charge is 0.311 e. The van der Waals surface area contributed by atoms with Crippen LogP contribution in [0, 0.1) is 21.4 Å². The van der Waals surface area contributed by atoms with E-state index in [-0.39, 0.29) is 23.5 Å². The van der Waals surface area contributed by atoms with Crippen molar-refractivity contribution in [2.75, 3.05) is 20.2 Å². The summed E-state index contributed by atoms with van der Waals surface area (Å²) in [6.45, 7) is 1.97. The Morgan fingerprint density at radius 2 is 2.26 bits per heavy atom. The summed E-state index contributed by atoms with van der Waals surface area (Å²) in [6, 6.07) is 5.98. The lowest BCUT2D eigenvalue weighted by molar-refractivity contribution is -0.385. The normalized spacial score (nSPS) is 9.53. The van der Waals surface area contributed by atoms with Crippen molar-refractivity contribution in [2.45, 2.75) is 6.92 Å². The van der Waals surface area contributed by atoms with Crippen LogP contribution in [0.4, 0.5) is 5.69 Å². The van der Waals surface area contributed by atoms with Crippen LogP contribution >= 0.6 is 0 Å². The zero-order valence-electron chi connectivity index (χ0n) is 10.6. The molecule has 0 N–H and O–H groups in total. The van der Waals surface area contributed by atoms with Gasteiger partial charge in [-0.15, -0.1) is 0 Å². The van der Waals surface area contributed by atoms with Crippen LogP contribution in [0.2, 0.25) is 0 Å². The van der Waals surface area contributed by atoms with Crippen molar-refractivity contribution >= 4 is 11.6 Å². The molecule has 7 heteroatoms. The Morgan fingerprint density at radius 3 is 2.74 bits per heavy atom. The highest BCUT2D eigenvalue weighted by atomic mass is 16.6. The zero-order chi connectivity index (χ0) is 14.4. The molecular formula is C12H13N3O4. The van der Waals surface area contributed by atoms with E-state index < -0.39 is 10.8 Å². The van der Waals surface area contributed by atoms with E-state index in [1.807, 2.05) is 6.07 Å². The molecule has 100 valence electrons. The molecule has 0 saturated carbocycles. The van der Waals surface area contributed by atoms with Gasteiger partial charge >= 0.3 is 5.69 Å². The molecule has 0 atom stereocenters. The van der Waals surface area contributed by atoms with E-state index in [2.05, 4.69) is 0 Å². The van der Waals surface area contributed by atoms with Gasteiger partial charge in [0.05, 0.1) is 23.7 Å². The van der Waals surface area contributed by atoms with Crippen molar-refractivity contribution in [3.63, 3.8) is 0 Å². The molecule has 1 rings (SSSR count). The van der Waals surface area contributed by atoms with Gasteiger partial charge in [0, 0.05) is 12.6 Å². The predicted octanol–water partition coefficient (Wildman–Crippen LogP) is 1.59. The van der Waals surface area contributed by atoms with Crippen molar-refractivity contribution in [1.82, 2.24) is 4.90 Å². The monoisotopic (exact) mass is 263 g/mol. The molecule has 0 spiro atoms. The summed E-state index contributed by atoms with van der Waals surface area (Å²) < 4.78 is 4.96. The average Bonchev–Trinajstić information content (AvgIpc) is 2.42. The van der Waals surface area contributed by atoms with Gasteiger partial charge in [-0.05, 0) is 13.0 Å². The van der Waals surface area contributed by atoms with Gasteiger partial charge in [-0.1, -0.05) is 6.07 Å².